The van der Waals surface area contributed by atoms with Crippen LogP contribution in [-0.4, -0.2) is 17.4 Å². The van der Waals surface area contributed by atoms with Crippen molar-refractivity contribution < 1.29 is 9.18 Å². The van der Waals surface area contributed by atoms with Crippen molar-refractivity contribution in [2.45, 2.75) is 13.3 Å². The summed E-state index contributed by atoms with van der Waals surface area (Å²) in [6.45, 7) is 2.00. The predicted molar refractivity (Wildman–Crippen MR) is 72.1 cm³/mol. The number of carbonyl (C=O) groups excluding carboxylic acids is 1. The van der Waals surface area contributed by atoms with E-state index in [4.69, 9.17) is 0 Å². The standard InChI is InChI=1S/C13H13FN2O2S/c1-8-11(19-13(18)16-8)12(17)15-7-6-9-4-2-3-5-10(9)14/h2-5H,6-7H2,1H3,(H,15,17)(H,16,18). The molecule has 2 N–H and O–H groups in total. The lowest BCUT2D eigenvalue weighted by molar-refractivity contribution is 0.0957. The summed E-state index contributed by atoms with van der Waals surface area (Å²) in [7, 11) is 0. The molecule has 4 nitrogen and oxygen atoms in total. The molecule has 0 atom stereocenters. The van der Waals surface area contributed by atoms with E-state index < -0.39 is 0 Å². The first-order valence-corrected chi connectivity index (χ1v) is 6.61. The SMILES string of the molecule is Cc1[nH]c(=O)sc1C(=O)NCCc1ccccc1F. The maximum atomic E-state index is 13.3. The monoisotopic (exact) mass is 280 g/mol. The van der Waals surface area contributed by atoms with E-state index >= 15 is 0 Å². The summed E-state index contributed by atoms with van der Waals surface area (Å²) >= 11 is 0.875. The van der Waals surface area contributed by atoms with E-state index in [9.17, 15) is 14.0 Å². The highest BCUT2D eigenvalue weighted by molar-refractivity contribution is 7.11. The van der Waals surface area contributed by atoms with Gasteiger partial charge in [0.2, 0.25) is 0 Å². The maximum Gasteiger partial charge on any atom is 0.305 e. The number of aromatic nitrogens is 1. The Hall–Kier alpha value is -1.95. The van der Waals surface area contributed by atoms with Crippen LogP contribution >= 0.6 is 11.3 Å². The minimum atomic E-state index is -0.308. The second-order valence-electron chi connectivity index (χ2n) is 4.07. The molecule has 0 saturated carbocycles. The Morgan fingerprint density at radius 2 is 2.16 bits per heavy atom. The number of halogens is 1. The molecule has 0 aliphatic rings. The zero-order valence-corrected chi connectivity index (χ0v) is 11.1. The number of H-pyrrole nitrogens is 1. The van der Waals surface area contributed by atoms with Gasteiger partial charge in [-0.25, -0.2) is 4.39 Å². The van der Waals surface area contributed by atoms with E-state index in [1.165, 1.54) is 6.07 Å². The molecule has 1 amide bonds. The Morgan fingerprint density at radius 1 is 1.42 bits per heavy atom. The zero-order chi connectivity index (χ0) is 13.8. The lowest BCUT2D eigenvalue weighted by Crippen LogP contribution is -2.25. The summed E-state index contributed by atoms with van der Waals surface area (Å²) in [5, 5.41) is 2.67. The van der Waals surface area contributed by atoms with Gasteiger partial charge in [0.15, 0.2) is 0 Å². The highest BCUT2D eigenvalue weighted by atomic mass is 32.1. The van der Waals surface area contributed by atoms with E-state index in [1.807, 2.05) is 0 Å². The van der Waals surface area contributed by atoms with Gasteiger partial charge in [-0.1, -0.05) is 29.5 Å². The van der Waals surface area contributed by atoms with E-state index in [2.05, 4.69) is 10.3 Å². The van der Waals surface area contributed by atoms with Crippen LogP contribution in [0.5, 0.6) is 0 Å². The Balaban J connectivity index is 1.93. The van der Waals surface area contributed by atoms with Gasteiger partial charge in [0.25, 0.3) is 5.91 Å². The highest BCUT2D eigenvalue weighted by Crippen LogP contribution is 2.08. The number of rotatable bonds is 4. The van der Waals surface area contributed by atoms with Crippen LogP contribution in [0.4, 0.5) is 4.39 Å². The van der Waals surface area contributed by atoms with Crippen LogP contribution in [0, 0.1) is 12.7 Å². The zero-order valence-electron chi connectivity index (χ0n) is 10.3. The molecule has 0 unspecified atom stereocenters. The maximum absolute atomic E-state index is 13.3. The van der Waals surface area contributed by atoms with E-state index in [0.717, 1.165) is 11.3 Å². The van der Waals surface area contributed by atoms with Crippen LogP contribution in [0.2, 0.25) is 0 Å². The molecule has 2 rings (SSSR count). The Bertz CT molecular complexity index is 648. The molecule has 0 fully saturated rings. The number of carbonyl (C=O) groups is 1. The molecule has 0 radical (unpaired) electrons. The Kier molecular flexibility index (Phi) is 4.11. The molecule has 1 aromatic carbocycles. The minimum Gasteiger partial charge on any atom is -0.351 e. The van der Waals surface area contributed by atoms with Crippen LogP contribution < -0.4 is 10.2 Å². The van der Waals surface area contributed by atoms with Crippen molar-refractivity contribution in [1.29, 1.82) is 0 Å². The molecule has 100 valence electrons. The smallest absolute Gasteiger partial charge is 0.305 e. The van der Waals surface area contributed by atoms with Crippen molar-refractivity contribution in [2.24, 2.45) is 0 Å². The van der Waals surface area contributed by atoms with Crippen LogP contribution in [0.25, 0.3) is 0 Å². The molecule has 1 heterocycles. The first kappa shape index (κ1) is 13.5. The first-order valence-electron chi connectivity index (χ1n) is 5.79. The number of aromatic amines is 1. The number of hydrogen-bond donors (Lipinski definition) is 2. The highest BCUT2D eigenvalue weighted by Gasteiger charge is 2.12. The molecule has 0 saturated heterocycles. The lowest BCUT2D eigenvalue weighted by Gasteiger charge is -2.05. The minimum absolute atomic E-state index is 0.253. The van der Waals surface area contributed by atoms with Gasteiger partial charge in [0.1, 0.15) is 10.7 Å². The first-order chi connectivity index (χ1) is 9.08. The number of amides is 1. The topological polar surface area (TPSA) is 62.0 Å². The van der Waals surface area contributed by atoms with Crippen molar-refractivity contribution >= 4 is 17.2 Å². The fraction of sp³-hybridized carbons (Fsp3) is 0.231. The summed E-state index contributed by atoms with van der Waals surface area (Å²) in [4.78, 5) is 25.6. The van der Waals surface area contributed by atoms with Gasteiger partial charge >= 0.3 is 4.87 Å². The van der Waals surface area contributed by atoms with Crippen LogP contribution in [0.3, 0.4) is 0 Å². The average Bonchev–Trinajstić information content (AvgIpc) is 2.71. The van der Waals surface area contributed by atoms with Gasteiger partial charge in [-0.3, -0.25) is 9.59 Å². The van der Waals surface area contributed by atoms with Crippen molar-refractivity contribution in [3.63, 3.8) is 0 Å². The van der Waals surface area contributed by atoms with Crippen molar-refractivity contribution in [2.75, 3.05) is 6.54 Å². The lowest BCUT2D eigenvalue weighted by atomic mass is 10.1. The van der Waals surface area contributed by atoms with Crippen molar-refractivity contribution in [3.8, 4) is 0 Å². The summed E-state index contributed by atoms with van der Waals surface area (Å²) in [5.74, 6) is -0.587. The van der Waals surface area contributed by atoms with Gasteiger partial charge in [-0.05, 0) is 25.0 Å². The quantitative estimate of drug-likeness (QED) is 0.898. The summed E-state index contributed by atoms with van der Waals surface area (Å²) in [6.07, 6.45) is 0.413. The Labute approximate surface area is 113 Å². The normalized spacial score (nSPS) is 10.4. The number of hydrogen-bond acceptors (Lipinski definition) is 3. The number of benzene rings is 1. The van der Waals surface area contributed by atoms with E-state index in [-0.39, 0.29) is 16.6 Å². The largest absolute Gasteiger partial charge is 0.351 e. The summed E-state index contributed by atoms with van der Waals surface area (Å²) in [6, 6.07) is 6.45. The fourth-order valence-electron chi connectivity index (χ4n) is 1.71. The molecule has 19 heavy (non-hydrogen) atoms. The third-order valence-electron chi connectivity index (χ3n) is 2.67. The third kappa shape index (κ3) is 3.29. The second kappa shape index (κ2) is 5.79. The molecule has 2 aromatic rings. The Morgan fingerprint density at radius 3 is 2.79 bits per heavy atom. The van der Waals surface area contributed by atoms with Gasteiger partial charge in [-0.15, -0.1) is 0 Å². The molecular weight excluding hydrogens is 267 g/mol. The van der Waals surface area contributed by atoms with Crippen molar-refractivity contribution in [1.82, 2.24) is 10.3 Å². The summed E-state index contributed by atoms with van der Waals surface area (Å²) < 4.78 is 13.3. The van der Waals surface area contributed by atoms with Crippen LogP contribution in [0.1, 0.15) is 20.9 Å². The number of nitrogens with one attached hydrogen (secondary N) is 2. The fourth-order valence-corrected chi connectivity index (χ4v) is 2.47. The van der Waals surface area contributed by atoms with Gasteiger partial charge in [-0.2, -0.15) is 0 Å². The third-order valence-corrected chi connectivity index (χ3v) is 3.65. The van der Waals surface area contributed by atoms with Crippen LogP contribution in [0.15, 0.2) is 29.1 Å². The molecule has 0 bridgehead atoms. The van der Waals surface area contributed by atoms with Gasteiger partial charge < -0.3 is 10.3 Å². The molecular formula is C13H13FN2O2S. The van der Waals surface area contributed by atoms with E-state index in [0.29, 0.717) is 29.1 Å². The number of thiazole rings is 1. The van der Waals surface area contributed by atoms with Crippen molar-refractivity contribution in [3.05, 3.63) is 55.9 Å². The molecule has 0 aliphatic carbocycles. The van der Waals surface area contributed by atoms with Gasteiger partial charge in [0, 0.05) is 12.2 Å². The molecule has 0 spiro atoms. The van der Waals surface area contributed by atoms with Crippen LogP contribution in [-0.2, 0) is 6.42 Å². The molecule has 1 aromatic heterocycles. The predicted octanol–water partition coefficient (Wildman–Crippen LogP) is 1.86. The van der Waals surface area contributed by atoms with E-state index in [1.54, 1.807) is 25.1 Å². The molecule has 6 heteroatoms. The number of aryl methyl sites for hydroxylation is 1. The molecule has 0 aliphatic heterocycles. The second-order valence-corrected chi connectivity index (χ2v) is 5.05. The summed E-state index contributed by atoms with van der Waals surface area (Å²) in [5.41, 5.74) is 1.11. The van der Waals surface area contributed by atoms with Gasteiger partial charge in [0.05, 0.1) is 0 Å². The average molecular weight is 280 g/mol.